The molecule has 0 spiro atoms. The molecule has 0 saturated carbocycles. The van der Waals surface area contributed by atoms with Crippen molar-refractivity contribution in [2.24, 2.45) is 0 Å². The maximum Gasteiger partial charge on any atom is 0.252 e. The van der Waals surface area contributed by atoms with Gasteiger partial charge in [-0.2, -0.15) is 0 Å². The van der Waals surface area contributed by atoms with E-state index in [1.807, 2.05) is 6.92 Å². The van der Waals surface area contributed by atoms with Gasteiger partial charge in [0.15, 0.2) is 9.84 Å². The summed E-state index contributed by atoms with van der Waals surface area (Å²) < 4.78 is 28.1. The van der Waals surface area contributed by atoms with Gasteiger partial charge in [-0.25, -0.2) is 8.42 Å². The van der Waals surface area contributed by atoms with Crippen LogP contribution in [0, 0.1) is 0 Å². The average Bonchev–Trinajstić information content (AvgIpc) is 2.25. The fraction of sp³-hybridized carbons (Fsp3) is 0.364. The molecule has 0 fully saturated rings. The fourth-order valence-corrected chi connectivity index (χ4v) is 2.54. The lowest BCUT2D eigenvalue weighted by atomic mass is 10.1. The van der Waals surface area contributed by atoms with Crippen molar-refractivity contribution in [3.05, 3.63) is 23.3 Å². The monoisotopic (exact) mass is 276 g/mol. The summed E-state index contributed by atoms with van der Waals surface area (Å²) in [5.41, 5.74) is 0.865. The molecular weight excluding hydrogens is 264 g/mol. The van der Waals surface area contributed by atoms with Gasteiger partial charge in [-0.1, -0.05) is 6.92 Å². The Morgan fingerprint density at radius 3 is 2.35 bits per heavy atom. The summed E-state index contributed by atoms with van der Waals surface area (Å²) in [5.74, 6) is 0.228. The Morgan fingerprint density at radius 2 is 2.00 bits per heavy atom. The zero-order valence-corrected chi connectivity index (χ0v) is 11.4. The molecule has 0 unspecified atom stereocenters. The molecule has 1 aromatic carbocycles. The average molecular weight is 277 g/mol. The molecular formula is C11H13ClO4S. The second-order valence-electron chi connectivity index (χ2n) is 3.56. The molecule has 0 bridgehead atoms. The number of ether oxygens (including phenoxy) is 1. The standard InChI is InChI=1S/C11H13ClO4S/c1-4-7-5-9(16-2)10(17(3,14)15)6-8(7)11(12)13/h5-6H,4H2,1-3H3. The predicted octanol–water partition coefficient (Wildman–Crippen LogP) is 2.04. The van der Waals surface area contributed by atoms with Crippen LogP contribution in [0.25, 0.3) is 0 Å². The molecule has 0 atom stereocenters. The number of hydrogen-bond acceptors (Lipinski definition) is 4. The van der Waals surface area contributed by atoms with Gasteiger partial charge in [0.2, 0.25) is 0 Å². The number of methoxy groups -OCH3 is 1. The van der Waals surface area contributed by atoms with E-state index in [4.69, 9.17) is 16.3 Å². The summed E-state index contributed by atoms with van der Waals surface area (Å²) >= 11 is 5.43. The van der Waals surface area contributed by atoms with Gasteiger partial charge in [0.25, 0.3) is 5.24 Å². The third kappa shape index (κ3) is 2.98. The molecule has 4 nitrogen and oxygen atoms in total. The van der Waals surface area contributed by atoms with Crippen molar-refractivity contribution in [2.75, 3.05) is 13.4 Å². The molecule has 0 radical (unpaired) electrons. The zero-order valence-electron chi connectivity index (χ0n) is 9.78. The molecule has 0 heterocycles. The van der Waals surface area contributed by atoms with E-state index in [9.17, 15) is 13.2 Å². The van der Waals surface area contributed by atoms with Crippen LogP contribution in [0.5, 0.6) is 5.75 Å². The molecule has 0 N–H and O–H groups in total. The van der Waals surface area contributed by atoms with Crippen LogP contribution in [0.15, 0.2) is 17.0 Å². The fourth-order valence-electron chi connectivity index (χ4n) is 1.53. The zero-order chi connectivity index (χ0) is 13.2. The van der Waals surface area contributed by atoms with Gasteiger partial charge in [-0.3, -0.25) is 4.79 Å². The lowest BCUT2D eigenvalue weighted by Gasteiger charge is -2.11. The molecule has 17 heavy (non-hydrogen) atoms. The molecule has 94 valence electrons. The number of carbonyl (C=O) groups is 1. The lowest BCUT2D eigenvalue weighted by Crippen LogP contribution is -2.06. The van der Waals surface area contributed by atoms with E-state index in [0.717, 1.165) is 6.26 Å². The number of halogens is 1. The molecule has 0 aliphatic rings. The summed E-state index contributed by atoms with van der Waals surface area (Å²) in [6, 6.07) is 2.80. The van der Waals surface area contributed by atoms with Crippen molar-refractivity contribution in [3.63, 3.8) is 0 Å². The number of aryl methyl sites for hydroxylation is 1. The van der Waals surface area contributed by atoms with Crippen LogP contribution in [0.2, 0.25) is 0 Å². The highest BCUT2D eigenvalue weighted by atomic mass is 35.5. The van der Waals surface area contributed by atoms with Crippen molar-refractivity contribution in [3.8, 4) is 5.75 Å². The second-order valence-corrected chi connectivity index (χ2v) is 5.89. The number of sulfone groups is 1. The van der Waals surface area contributed by atoms with Gasteiger partial charge in [0.05, 0.1) is 7.11 Å². The summed E-state index contributed by atoms with van der Waals surface area (Å²) in [4.78, 5) is 11.2. The molecule has 1 rings (SSSR count). The van der Waals surface area contributed by atoms with Crippen LogP contribution in [-0.4, -0.2) is 27.0 Å². The van der Waals surface area contributed by atoms with Crippen LogP contribution >= 0.6 is 11.6 Å². The Kier molecular flexibility index (Phi) is 4.16. The van der Waals surface area contributed by atoms with Crippen LogP contribution in [-0.2, 0) is 16.3 Å². The van der Waals surface area contributed by atoms with E-state index < -0.39 is 15.1 Å². The number of carbonyl (C=O) groups excluding carboxylic acids is 1. The number of hydrogen-bond donors (Lipinski definition) is 0. The Bertz CT molecular complexity index is 549. The van der Waals surface area contributed by atoms with Crippen molar-refractivity contribution in [1.29, 1.82) is 0 Å². The molecule has 0 amide bonds. The third-order valence-corrected chi connectivity index (χ3v) is 3.70. The Labute approximate surface area is 105 Å². The van der Waals surface area contributed by atoms with E-state index >= 15 is 0 Å². The summed E-state index contributed by atoms with van der Waals surface area (Å²) in [6.07, 6.45) is 1.62. The van der Waals surface area contributed by atoms with E-state index in [1.165, 1.54) is 19.2 Å². The summed E-state index contributed by atoms with van der Waals surface area (Å²) in [6.45, 7) is 1.85. The van der Waals surface area contributed by atoms with Gasteiger partial charge < -0.3 is 4.74 Å². The van der Waals surface area contributed by atoms with Crippen LogP contribution in [0.1, 0.15) is 22.8 Å². The van der Waals surface area contributed by atoms with Gasteiger partial charge in [-0.05, 0) is 35.7 Å². The first kappa shape index (κ1) is 14.0. The van der Waals surface area contributed by atoms with Gasteiger partial charge in [-0.15, -0.1) is 0 Å². The summed E-state index contributed by atoms with van der Waals surface area (Å²) in [7, 11) is -2.08. The molecule has 0 aliphatic carbocycles. The van der Waals surface area contributed by atoms with Gasteiger partial charge >= 0.3 is 0 Å². The van der Waals surface area contributed by atoms with E-state index in [0.29, 0.717) is 12.0 Å². The first-order valence-corrected chi connectivity index (χ1v) is 7.19. The summed E-state index contributed by atoms with van der Waals surface area (Å²) in [5, 5.41) is -0.672. The Morgan fingerprint density at radius 1 is 1.41 bits per heavy atom. The topological polar surface area (TPSA) is 60.4 Å². The van der Waals surface area contributed by atoms with Gasteiger partial charge in [0, 0.05) is 11.8 Å². The van der Waals surface area contributed by atoms with Gasteiger partial charge in [0.1, 0.15) is 10.6 Å². The molecule has 0 aliphatic heterocycles. The van der Waals surface area contributed by atoms with Crippen molar-refractivity contribution in [1.82, 2.24) is 0 Å². The minimum atomic E-state index is -3.46. The van der Waals surface area contributed by atoms with E-state index in [-0.39, 0.29) is 16.2 Å². The molecule has 0 aromatic heterocycles. The van der Waals surface area contributed by atoms with E-state index in [2.05, 4.69) is 0 Å². The first-order chi connectivity index (χ1) is 7.81. The van der Waals surface area contributed by atoms with Crippen LogP contribution < -0.4 is 4.74 Å². The highest BCUT2D eigenvalue weighted by molar-refractivity contribution is 7.90. The predicted molar refractivity (Wildman–Crippen MR) is 65.7 cm³/mol. The SMILES string of the molecule is CCc1cc(OC)c(S(C)(=O)=O)cc1C(=O)Cl. The van der Waals surface area contributed by atoms with Crippen molar-refractivity contribution in [2.45, 2.75) is 18.2 Å². The first-order valence-electron chi connectivity index (χ1n) is 4.92. The highest BCUT2D eigenvalue weighted by Gasteiger charge is 2.19. The largest absolute Gasteiger partial charge is 0.495 e. The van der Waals surface area contributed by atoms with Crippen molar-refractivity contribution < 1.29 is 17.9 Å². The maximum absolute atomic E-state index is 11.6. The lowest BCUT2D eigenvalue weighted by molar-refractivity contribution is 0.108. The van der Waals surface area contributed by atoms with E-state index in [1.54, 1.807) is 0 Å². The van der Waals surface area contributed by atoms with Crippen LogP contribution in [0.4, 0.5) is 0 Å². The van der Waals surface area contributed by atoms with Crippen molar-refractivity contribution >= 4 is 26.7 Å². The third-order valence-electron chi connectivity index (χ3n) is 2.38. The minimum absolute atomic E-state index is 0.0267. The Balaban J connectivity index is 3.62. The number of rotatable bonds is 4. The Hall–Kier alpha value is -1.07. The second kappa shape index (κ2) is 5.06. The molecule has 1 aromatic rings. The van der Waals surface area contributed by atoms with Crippen LogP contribution in [0.3, 0.4) is 0 Å². The smallest absolute Gasteiger partial charge is 0.252 e. The highest BCUT2D eigenvalue weighted by Crippen LogP contribution is 2.29. The normalized spacial score (nSPS) is 11.3. The minimum Gasteiger partial charge on any atom is -0.495 e. The maximum atomic E-state index is 11.6. The molecule has 6 heteroatoms. The number of benzene rings is 1. The quantitative estimate of drug-likeness (QED) is 0.790. The molecule has 0 saturated heterocycles.